The zero-order valence-corrected chi connectivity index (χ0v) is 22.8. The zero-order chi connectivity index (χ0) is 29.8. The molecule has 0 saturated heterocycles. The van der Waals surface area contributed by atoms with Crippen LogP contribution >= 0.6 is 0 Å². The molecule has 13 nitrogen and oxygen atoms in total. The van der Waals surface area contributed by atoms with Gasteiger partial charge in [0.15, 0.2) is 0 Å². The van der Waals surface area contributed by atoms with Crippen molar-refractivity contribution >= 4 is 40.6 Å². The Kier molecular flexibility index (Phi) is 12.6. The number of hydrogen-bond donors (Lipinski definition) is 8. The Morgan fingerprint density at radius 1 is 0.900 bits per heavy atom. The number of para-hydroxylation sites is 1. The monoisotopic (exact) mass is 560 g/mol. The second-order valence-corrected chi connectivity index (χ2v) is 10.2. The van der Waals surface area contributed by atoms with Gasteiger partial charge in [-0.3, -0.25) is 19.2 Å². The molecule has 0 aliphatic carbocycles. The van der Waals surface area contributed by atoms with E-state index in [2.05, 4.69) is 20.9 Å². The summed E-state index contributed by atoms with van der Waals surface area (Å²) in [6, 6.07) is 2.56. The molecular formula is C27H40N6O7. The fourth-order valence-corrected chi connectivity index (χ4v) is 4.29. The van der Waals surface area contributed by atoms with Gasteiger partial charge >= 0.3 is 11.9 Å². The Hall–Kier alpha value is -3.97. The minimum absolute atomic E-state index is 0.0137. The van der Waals surface area contributed by atoms with Crippen LogP contribution in [-0.4, -0.2) is 75.6 Å². The summed E-state index contributed by atoms with van der Waals surface area (Å²) in [5, 5.41) is 27.1. The molecule has 3 amide bonds. The minimum atomic E-state index is -1.38. The highest BCUT2D eigenvalue weighted by Crippen LogP contribution is 2.19. The number of amides is 3. The molecule has 4 atom stereocenters. The van der Waals surface area contributed by atoms with Crippen molar-refractivity contribution in [2.45, 2.75) is 76.5 Å². The van der Waals surface area contributed by atoms with Gasteiger partial charge in [0, 0.05) is 23.5 Å². The molecule has 1 aromatic carbocycles. The van der Waals surface area contributed by atoms with Crippen LogP contribution in [-0.2, 0) is 30.4 Å². The van der Waals surface area contributed by atoms with Gasteiger partial charge in [0.1, 0.15) is 18.1 Å². The minimum Gasteiger partial charge on any atom is -0.481 e. The van der Waals surface area contributed by atoms with Gasteiger partial charge in [-0.05, 0) is 49.8 Å². The van der Waals surface area contributed by atoms with Crippen molar-refractivity contribution in [2.75, 3.05) is 6.54 Å². The number of rotatable bonds is 17. The number of carbonyl (C=O) groups is 5. The van der Waals surface area contributed by atoms with Gasteiger partial charge in [0.05, 0.1) is 12.5 Å². The van der Waals surface area contributed by atoms with Crippen molar-refractivity contribution in [2.24, 2.45) is 17.4 Å². The number of aromatic nitrogens is 1. The molecule has 10 N–H and O–H groups in total. The molecule has 0 radical (unpaired) electrons. The number of nitrogens with one attached hydrogen (secondary N) is 4. The molecular weight excluding hydrogens is 520 g/mol. The Morgan fingerprint density at radius 3 is 2.15 bits per heavy atom. The Morgan fingerprint density at radius 2 is 1.52 bits per heavy atom. The molecule has 0 aliphatic rings. The lowest BCUT2D eigenvalue weighted by molar-refractivity contribution is -0.142. The number of H-pyrrole nitrogens is 1. The number of carboxylic acids is 2. The number of carboxylic acid groups (broad SMARTS) is 2. The first-order chi connectivity index (χ1) is 18.9. The van der Waals surface area contributed by atoms with Crippen molar-refractivity contribution in [1.82, 2.24) is 20.9 Å². The van der Waals surface area contributed by atoms with Gasteiger partial charge in [0.2, 0.25) is 17.7 Å². The molecule has 40 heavy (non-hydrogen) atoms. The number of carbonyl (C=O) groups excluding carboxylic acids is 3. The zero-order valence-electron chi connectivity index (χ0n) is 22.8. The average molecular weight is 561 g/mol. The third-order valence-electron chi connectivity index (χ3n) is 6.36. The van der Waals surface area contributed by atoms with Crippen LogP contribution in [0.1, 0.15) is 51.5 Å². The molecule has 2 aromatic rings. The summed E-state index contributed by atoms with van der Waals surface area (Å²) in [4.78, 5) is 65.2. The second-order valence-electron chi connectivity index (χ2n) is 10.2. The molecule has 0 aliphatic heterocycles. The first-order valence-electron chi connectivity index (χ1n) is 13.3. The first kappa shape index (κ1) is 32.2. The van der Waals surface area contributed by atoms with E-state index < -0.39 is 60.2 Å². The first-order valence-corrected chi connectivity index (χ1v) is 13.3. The van der Waals surface area contributed by atoms with E-state index in [-0.39, 0.29) is 25.2 Å². The number of benzene rings is 1. The van der Waals surface area contributed by atoms with Crippen molar-refractivity contribution in [3.63, 3.8) is 0 Å². The number of nitrogens with two attached hydrogens (primary N) is 2. The van der Waals surface area contributed by atoms with Crippen molar-refractivity contribution in [3.8, 4) is 0 Å². The van der Waals surface area contributed by atoms with Gasteiger partial charge in [0.25, 0.3) is 0 Å². The lowest BCUT2D eigenvalue weighted by Crippen LogP contribution is -2.57. The molecule has 220 valence electrons. The van der Waals surface area contributed by atoms with E-state index in [9.17, 15) is 29.1 Å². The average Bonchev–Trinajstić information content (AvgIpc) is 3.29. The summed E-state index contributed by atoms with van der Waals surface area (Å²) in [6.07, 6.45) is 2.52. The summed E-state index contributed by atoms with van der Waals surface area (Å²) >= 11 is 0. The quantitative estimate of drug-likeness (QED) is 0.124. The van der Waals surface area contributed by atoms with Crippen LogP contribution in [0.2, 0.25) is 0 Å². The van der Waals surface area contributed by atoms with E-state index >= 15 is 0 Å². The lowest BCUT2D eigenvalue weighted by atomic mass is 10.0. The SMILES string of the molecule is CC(C)CC(NC(=O)C(Cc1c[nH]c2ccccc12)NC(=O)C(CCCCN)NC(=O)C(N)CC(=O)O)C(=O)O. The maximum Gasteiger partial charge on any atom is 0.326 e. The van der Waals surface area contributed by atoms with Crippen LogP contribution in [0.5, 0.6) is 0 Å². The van der Waals surface area contributed by atoms with Crippen LogP contribution < -0.4 is 27.4 Å². The third kappa shape index (κ3) is 9.97. The van der Waals surface area contributed by atoms with E-state index in [0.29, 0.717) is 19.4 Å². The van der Waals surface area contributed by atoms with E-state index in [1.54, 1.807) is 6.20 Å². The smallest absolute Gasteiger partial charge is 0.326 e. The summed E-state index contributed by atoms with van der Waals surface area (Å²) < 4.78 is 0. The van der Waals surface area contributed by atoms with E-state index in [1.807, 2.05) is 38.1 Å². The highest BCUT2D eigenvalue weighted by atomic mass is 16.4. The normalized spacial score (nSPS) is 14.2. The summed E-state index contributed by atoms with van der Waals surface area (Å²) in [7, 11) is 0. The van der Waals surface area contributed by atoms with Crippen molar-refractivity contribution in [3.05, 3.63) is 36.0 Å². The van der Waals surface area contributed by atoms with Crippen LogP contribution in [0.15, 0.2) is 30.5 Å². The standard InChI is InChI=1S/C27H40N6O7/c1-15(2)11-22(27(39)40)33-26(38)21(12-16-14-30-19-8-4-3-7-17(16)19)32-25(37)20(9-5-6-10-28)31-24(36)18(29)13-23(34)35/h3-4,7-8,14-15,18,20-22,30H,5-6,9-13,28-29H2,1-2H3,(H,31,36)(H,32,37)(H,33,38)(H,34,35)(H,39,40). The highest BCUT2D eigenvalue weighted by Gasteiger charge is 2.31. The van der Waals surface area contributed by atoms with Gasteiger partial charge in [-0.25, -0.2) is 4.79 Å². The third-order valence-corrected chi connectivity index (χ3v) is 6.36. The fraction of sp³-hybridized carbons (Fsp3) is 0.519. The summed E-state index contributed by atoms with van der Waals surface area (Å²) in [5.41, 5.74) is 12.8. The van der Waals surface area contributed by atoms with E-state index in [4.69, 9.17) is 16.6 Å². The van der Waals surface area contributed by atoms with E-state index in [1.165, 1.54) is 0 Å². The van der Waals surface area contributed by atoms with Gasteiger partial charge < -0.3 is 42.6 Å². The molecule has 4 unspecified atom stereocenters. The molecule has 0 spiro atoms. The van der Waals surface area contributed by atoms with Crippen LogP contribution in [0.25, 0.3) is 10.9 Å². The molecule has 1 heterocycles. The molecule has 1 aromatic heterocycles. The Labute approximate surface area is 232 Å². The van der Waals surface area contributed by atoms with Gasteiger partial charge in [-0.15, -0.1) is 0 Å². The van der Waals surface area contributed by atoms with E-state index in [0.717, 1.165) is 16.5 Å². The van der Waals surface area contributed by atoms with Crippen molar-refractivity contribution in [1.29, 1.82) is 0 Å². The maximum atomic E-state index is 13.4. The predicted octanol–water partition coefficient (Wildman–Crippen LogP) is 0.227. The Bertz CT molecular complexity index is 1180. The van der Waals surface area contributed by atoms with Gasteiger partial charge in [-0.2, -0.15) is 0 Å². The number of aliphatic carboxylic acids is 2. The fourth-order valence-electron chi connectivity index (χ4n) is 4.29. The Balaban J connectivity index is 2.32. The molecule has 0 fully saturated rings. The molecule has 0 bridgehead atoms. The summed E-state index contributed by atoms with van der Waals surface area (Å²) in [6.45, 7) is 4.02. The van der Waals surface area contributed by atoms with Crippen LogP contribution in [0.3, 0.4) is 0 Å². The number of fused-ring (bicyclic) bond motifs is 1. The maximum absolute atomic E-state index is 13.4. The largest absolute Gasteiger partial charge is 0.481 e. The molecule has 0 saturated carbocycles. The topological polar surface area (TPSA) is 230 Å². The predicted molar refractivity (Wildman–Crippen MR) is 148 cm³/mol. The van der Waals surface area contributed by atoms with Gasteiger partial charge in [-0.1, -0.05) is 32.0 Å². The number of unbranched alkanes of at least 4 members (excludes halogenated alkanes) is 1. The molecule has 2 rings (SSSR count). The highest BCUT2D eigenvalue weighted by molar-refractivity contribution is 5.95. The number of aromatic amines is 1. The van der Waals surface area contributed by atoms with Crippen LogP contribution in [0, 0.1) is 5.92 Å². The summed E-state index contributed by atoms with van der Waals surface area (Å²) in [5.74, 6) is -4.68. The number of hydrogen-bond acceptors (Lipinski definition) is 7. The molecule has 13 heteroatoms. The lowest BCUT2D eigenvalue weighted by Gasteiger charge is -2.25. The van der Waals surface area contributed by atoms with Crippen LogP contribution in [0.4, 0.5) is 0 Å². The second kappa shape index (κ2) is 15.6. The van der Waals surface area contributed by atoms with Crippen molar-refractivity contribution < 1.29 is 34.2 Å².